The summed E-state index contributed by atoms with van der Waals surface area (Å²) in [7, 11) is -3.60. The maximum absolute atomic E-state index is 12.8. The Morgan fingerprint density at radius 1 is 1.23 bits per heavy atom. The molecule has 0 spiro atoms. The van der Waals surface area contributed by atoms with Crippen LogP contribution >= 0.6 is 0 Å². The standard InChI is InChI=1S/C19H28N2O4S/c1-14-4-3-5-16(12-14)20-19(22)18-13-17(7-6-15(18)2)26(23,24)21-8-10-25-11-9-21/h6-7,13-14,16H,3-5,8-12H2,1-2H3,(H,20,22). The molecule has 0 radical (unpaired) electrons. The number of aryl methyl sites for hydroxylation is 1. The fraction of sp³-hybridized carbons (Fsp3) is 0.632. The van der Waals surface area contributed by atoms with Crippen LogP contribution < -0.4 is 5.32 Å². The average Bonchev–Trinajstić information content (AvgIpc) is 2.62. The number of nitrogens with one attached hydrogen (secondary N) is 1. The molecular weight excluding hydrogens is 352 g/mol. The normalized spacial score (nSPS) is 25.0. The molecule has 2 fully saturated rings. The molecule has 1 aromatic rings. The van der Waals surface area contributed by atoms with Gasteiger partial charge in [-0.25, -0.2) is 8.42 Å². The van der Waals surface area contributed by atoms with E-state index in [1.54, 1.807) is 12.1 Å². The zero-order valence-corrected chi connectivity index (χ0v) is 16.3. The molecule has 0 bridgehead atoms. The third kappa shape index (κ3) is 4.27. The largest absolute Gasteiger partial charge is 0.379 e. The number of carbonyl (C=O) groups excluding carboxylic acids is 1. The predicted octanol–water partition coefficient (Wildman–Crippen LogP) is 2.32. The number of ether oxygens (including phenoxy) is 1. The number of hydrogen-bond acceptors (Lipinski definition) is 4. The lowest BCUT2D eigenvalue weighted by molar-refractivity contribution is 0.0730. The Kier molecular flexibility index (Phi) is 5.99. The summed E-state index contributed by atoms with van der Waals surface area (Å²) in [5, 5.41) is 3.10. The van der Waals surface area contributed by atoms with Crippen molar-refractivity contribution in [1.29, 1.82) is 0 Å². The molecule has 1 aliphatic heterocycles. The smallest absolute Gasteiger partial charge is 0.251 e. The molecule has 1 N–H and O–H groups in total. The average molecular weight is 381 g/mol. The van der Waals surface area contributed by atoms with Crippen molar-refractivity contribution in [2.24, 2.45) is 5.92 Å². The van der Waals surface area contributed by atoms with Gasteiger partial charge in [-0.05, 0) is 43.4 Å². The molecule has 1 heterocycles. The highest BCUT2D eigenvalue weighted by Gasteiger charge is 2.28. The molecule has 1 aromatic carbocycles. The lowest BCUT2D eigenvalue weighted by Crippen LogP contribution is -2.41. The second kappa shape index (κ2) is 8.06. The topological polar surface area (TPSA) is 75.7 Å². The van der Waals surface area contributed by atoms with Gasteiger partial charge in [0.2, 0.25) is 10.0 Å². The van der Waals surface area contributed by atoms with Crippen LogP contribution in [-0.2, 0) is 14.8 Å². The summed E-state index contributed by atoms with van der Waals surface area (Å²) in [4.78, 5) is 12.9. The van der Waals surface area contributed by atoms with E-state index in [1.165, 1.54) is 16.8 Å². The van der Waals surface area contributed by atoms with Crippen molar-refractivity contribution >= 4 is 15.9 Å². The number of nitrogens with zero attached hydrogens (tertiary/aromatic N) is 1. The summed E-state index contributed by atoms with van der Waals surface area (Å²) in [6.07, 6.45) is 4.30. The van der Waals surface area contributed by atoms with Crippen LogP contribution in [0.3, 0.4) is 0 Å². The van der Waals surface area contributed by atoms with E-state index in [2.05, 4.69) is 12.2 Å². The predicted molar refractivity (Wildman–Crippen MR) is 99.6 cm³/mol. The van der Waals surface area contributed by atoms with Crippen LogP contribution in [0.25, 0.3) is 0 Å². The van der Waals surface area contributed by atoms with E-state index < -0.39 is 10.0 Å². The molecule has 7 heteroatoms. The first-order chi connectivity index (χ1) is 12.4. The van der Waals surface area contributed by atoms with E-state index in [0.717, 1.165) is 24.8 Å². The zero-order valence-electron chi connectivity index (χ0n) is 15.5. The number of benzene rings is 1. The van der Waals surface area contributed by atoms with Crippen LogP contribution in [0.1, 0.15) is 48.5 Å². The third-order valence-electron chi connectivity index (χ3n) is 5.33. The van der Waals surface area contributed by atoms with Crippen LogP contribution in [0.15, 0.2) is 23.1 Å². The van der Waals surface area contributed by atoms with Gasteiger partial charge in [0.25, 0.3) is 5.91 Å². The number of amides is 1. The first-order valence-electron chi connectivity index (χ1n) is 9.37. The number of morpholine rings is 1. The molecule has 3 rings (SSSR count). The summed E-state index contributed by atoms with van der Waals surface area (Å²) >= 11 is 0. The Hall–Kier alpha value is -1.44. The van der Waals surface area contributed by atoms with Gasteiger partial charge in [0.1, 0.15) is 0 Å². The molecule has 1 amide bonds. The van der Waals surface area contributed by atoms with Crippen LogP contribution in [0.4, 0.5) is 0 Å². The second-order valence-electron chi connectivity index (χ2n) is 7.44. The molecule has 2 aliphatic rings. The van der Waals surface area contributed by atoms with Crippen LogP contribution in [0.2, 0.25) is 0 Å². The summed E-state index contributed by atoms with van der Waals surface area (Å²) in [6, 6.07) is 4.98. The Morgan fingerprint density at radius 2 is 1.96 bits per heavy atom. The summed E-state index contributed by atoms with van der Waals surface area (Å²) < 4.78 is 32.3. The molecule has 2 unspecified atom stereocenters. The van der Waals surface area contributed by atoms with E-state index in [9.17, 15) is 13.2 Å². The molecule has 2 atom stereocenters. The lowest BCUT2D eigenvalue weighted by Gasteiger charge is -2.28. The van der Waals surface area contributed by atoms with Crippen LogP contribution in [0.5, 0.6) is 0 Å². The minimum atomic E-state index is -3.60. The zero-order chi connectivity index (χ0) is 18.7. The van der Waals surface area contributed by atoms with Gasteiger partial charge < -0.3 is 10.1 Å². The number of hydrogen-bond donors (Lipinski definition) is 1. The van der Waals surface area contributed by atoms with Gasteiger partial charge in [0.15, 0.2) is 0 Å². The first kappa shape index (κ1) is 19.3. The minimum Gasteiger partial charge on any atom is -0.379 e. The Morgan fingerprint density at radius 3 is 2.65 bits per heavy atom. The van der Waals surface area contributed by atoms with E-state index in [0.29, 0.717) is 37.8 Å². The fourth-order valence-electron chi connectivity index (χ4n) is 3.77. The maximum Gasteiger partial charge on any atom is 0.251 e. The number of carbonyl (C=O) groups is 1. The van der Waals surface area contributed by atoms with Gasteiger partial charge in [-0.3, -0.25) is 4.79 Å². The SMILES string of the molecule is Cc1ccc(S(=O)(=O)N2CCOCC2)cc1C(=O)NC1CCCC(C)C1. The molecule has 26 heavy (non-hydrogen) atoms. The van der Waals surface area contributed by atoms with Crippen molar-refractivity contribution in [2.45, 2.75) is 50.5 Å². The lowest BCUT2D eigenvalue weighted by atomic mass is 9.87. The highest BCUT2D eigenvalue weighted by atomic mass is 32.2. The van der Waals surface area contributed by atoms with Gasteiger partial charge in [-0.1, -0.05) is 25.8 Å². The van der Waals surface area contributed by atoms with Crippen molar-refractivity contribution in [3.63, 3.8) is 0 Å². The molecule has 1 aliphatic carbocycles. The summed E-state index contributed by atoms with van der Waals surface area (Å²) in [6.45, 7) is 5.54. The molecule has 0 aromatic heterocycles. The molecule has 1 saturated carbocycles. The molecule has 6 nitrogen and oxygen atoms in total. The first-order valence-corrected chi connectivity index (χ1v) is 10.8. The Balaban J connectivity index is 1.79. The van der Waals surface area contributed by atoms with Gasteiger partial charge in [0.05, 0.1) is 18.1 Å². The van der Waals surface area contributed by atoms with E-state index in [-0.39, 0.29) is 16.8 Å². The molecule has 144 valence electrons. The van der Waals surface area contributed by atoms with Gasteiger partial charge >= 0.3 is 0 Å². The maximum atomic E-state index is 12.8. The van der Waals surface area contributed by atoms with Crippen molar-refractivity contribution in [2.75, 3.05) is 26.3 Å². The van der Waals surface area contributed by atoms with Crippen LogP contribution in [0, 0.1) is 12.8 Å². The third-order valence-corrected chi connectivity index (χ3v) is 7.23. The molecule has 1 saturated heterocycles. The highest BCUT2D eigenvalue weighted by molar-refractivity contribution is 7.89. The minimum absolute atomic E-state index is 0.171. The van der Waals surface area contributed by atoms with Crippen molar-refractivity contribution in [3.05, 3.63) is 29.3 Å². The summed E-state index contributed by atoms with van der Waals surface area (Å²) in [5.41, 5.74) is 1.23. The fourth-order valence-corrected chi connectivity index (χ4v) is 5.21. The van der Waals surface area contributed by atoms with Crippen LogP contribution in [-0.4, -0.2) is 51.0 Å². The summed E-state index contributed by atoms with van der Waals surface area (Å²) in [5.74, 6) is 0.434. The number of sulfonamides is 1. The van der Waals surface area contributed by atoms with Crippen molar-refractivity contribution in [1.82, 2.24) is 9.62 Å². The monoisotopic (exact) mass is 380 g/mol. The van der Waals surface area contributed by atoms with Crippen molar-refractivity contribution < 1.29 is 17.9 Å². The van der Waals surface area contributed by atoms with E-state index >= 15 is 0 Å². The van der Waals surface area contributed by atoms with Crippen molar-refractivity contribution in [3.8, 4) is 0 Å². The van der Waals surface area contributed by atoms with Gasteiger partial charge in [-0.2, -0.15) is 4.31 Å². The number of rotatable bonds is 4. The van der Waals surface area contributed by atoms with E-state index in [1.807, 2.05) is 6.92 Å². The second-order valence-corrected chi connectivity index (χ2v) is 9.37. The highest BCUT2D eigenvalue weighted by Crippen LogP contribution is 2.25. The Bertz CT molecular complexity index is 757. The Labute approximate surface area is 156 Å². The quantitative estimate of drug-likeness (QED) is 0.870. The van der Waals surface area contributed by atoms with Gasteiger partial charge in [-0.15, -0.1) is 0 Å². The van der Waals surface area contributed by atoms with Gasteiger partial charge in [0, 0.05) is 24.7 Å². The molecular formula is C19H28N2O4S. The van der Waals surface area contributed by atoms with E-state index in [4.69, 9.17) is 4.74 Å².